The molecule has 2 aromatic rings. The van der Waals surface area contributed by atoms with Gasteiger partial charge >= 0.3 is 0 Å². The maximum absolute atomic E-state index is 12.1. The quantitative estimate of drug-likeness (QED) is 0.938. The Morgan fingerprint density at radius 2 is 2.06 bits per heavy atom. The molecule has 0 saturated heterocycles. The van der Waals surface area contributed by atoms with Crippen LogP contribution < -0.4 is 4.72 Å². The highest BCUT2D eigenvalue weighted by atomic mass is 35.5. The number of pyridine rings is 2. The predicted octanol–water partition coefficient (Wildman–Crippen LogP) is 2.24. The van der Waals surface area contributed by atoms with Crippen LogP contribution in [-0.2, 0) is 10.0 Å². The summed E-state index contributed by atoms with van der Waals surface area (Å²) in [5.74, 6) is 0.245. The molecular weight excluding hydrogens is 274 g/mol. The summed E-state index contributed by atoms with van der Waals surface area (Å²) in [6.07, 6.45) is 4.14. The molecule has 0 amide bonds. The van der Waals surface area contributed by atoms with Gasteiger partial charge in [-0.2, -0.15) is 0 Å². The lowest BCUT2D eigenvalue weighted by Crippen LogP contribution is -2.14. The first kappa shape index (κ1) is 12.8. The molecule has 0 atom stereocenters. The van der Waals surface area contributed by atoms with Crippen LogP contribution in [0.25, 0.3) is 0 Å². The van der Waals surface area contributed by atoms with Crippen molar-refractivity contribution in [3.05, 3.63) is 47.4 Å². The normalized spacial score (nSPS) is 11.2. The molecule has 0 aliphatic rings. The number of hydrogen-bond donors (Lipinski definition) is 1. The van der Waals surface area contributed by atoms with E-state index in [9.17, 15) is 8.42 Å². The van der Waals surface area contributed by atoms with Crippen LogP contribution in [0.5, 0.6) is 0 Å². The van der Waals surface area contributed by atoms with E-state index in [1.165, 1.54) is 24.7 Å². The Morgan fingerprint density at radius 1 is 1.28 bits per heavy atom. The van der Waals surface area contributed by atoms with Gasteiger partial charge in [0, 0.05) is 18.6 Å². The lowest BCUT2D eigenvalue weighted by molar-refractivity contribution is 0.600. The van der Waals surface area contributed by atoms with Crippen molar-refractivity contribution in [3.8, 4) is 0 Å². The molecular formula is C11H10ClN3O2S. The van der Waals surface area contributed by atoms with Crippen molar-refractivity contribution in [1.29, 1.82) is 0 Å². The van der Waals surface area contributed by atoms with E-state index in [1.807, 2.05) is 6.92 Å². The van der Waals surface area contributed by atoms with Gasteiger partial charge in [0.1, 0.15) is 10.7 Å². The van der Waals surface area contributed by atoms with E-state index in [1.54, 1.807) is 12.1 Å². The van der Waals surface area contributed by atoms with Gasteiger partial charge in [0.25, 0.3) is 10.0 Å². The molecule has 0 saturated carbocycles. The Kier molecular flexibility index (Phi) is 3.49. The monoisotopic (exact) mass is 283 g/mol. The number of halogens is 1. The summed E-state index contributed by atoms with van der Waals surface area (Å²) in [6, 6.07) is 4.82. The molecule has 2 aromatic heterocycles. The number of nitrogens with one attached hydrogen (secondary N) is 1. The molecule has 0 aromatic carbocycles. The van der Waals surface area contributed by atoms with Crippen molar-refractivity contribution < 1.29 is 8.42 Å². The van der Waals surface area contributed by atoms with Gasteiger partial charge in [0.2, 0.25) is 0 Å². The van der Waals surface area contributed by atoms with Crippen molar-refractivity contribution >= 4 is 27.4 Å². The van der Waals surface area contributed by atoms with Crippen molar-refractivity contribution in [1.82, 2.24) is 9.97 Å². The van der Waals surface area contributed by atoms with Crippen LogP contribution in [0.15, 0.2) is 41.7 Å². The molecule has 0 aliphatic heterocycles. The number of sulfonamides is 1. The van der Waals surface area contributed by atoms with E-state index in [4.69, 9.17) is 11.6 Å². The standard InChI is InChI=1S/C11H10ClN3O2S/c1-8-2-5-14-11(6-8)15-18(16,17)10-7-13-4-3-9(10)12/h2-7H,1H3,(H,14,15). The Balaban J connectivity index is 2.37. The number of hydrogen-bond acceptors (Lipinski definition) is 4. The van der Waals surface area contributed by atoms with Crippen LogP contribution in [0.3, 0.4) is 0 Å². The van der Waals surface area contributed by atoms with Gasteiger partial charge in [-0.15, -0.1) is 0 Å². The van der Waals surface area contributed by atoms with Crippen molar-refractivity contribution in [2.75, 3.05) is 4.72 Å². The van der Waals surface area contributed by atoms with Gasteiger partial charge in [-0.25, -0.2) is 13.4 Å². The van der Waals surface area contributed by atoms with E-state index < -0.39 is 10.0 Å². The number of nitrogens with zero attached hydrogens (tertiary/aromatic N) is 2. The first-order valence-corrected chi connectivity index (χ1v) is 6.90. The van der Waals surface area contributed by atoms with Crippen LogP contribution in [0, 0.1) is 6.92 Å². The predicted molar refractivity (Wildman–Crippen MR) is 69.0 cm³/mol. The molecule has 1 N–H and O–H groups in total. The summed E-state index contributed by atoms with van der Waals surface area (Å²) in [4.78, 5) is 7.60. The van der Waals surface area contributed by atoms with Gasteiger partial charge in [0.05, 0.1) is 5.02 Å². The zero-order valence-corrected chi connectivity index (χ0v) is 11.0. The molecule has 7 heteroatoms. The maximum Gasteiger partial charge on any atom is 0.266 e. The average Bonchev–Trinajstić information content (AvgIpc) is 2.28. The third-order valence-electron chi connectivity index (χ3n) is 2.18. The van der Waals surface area contributed by atoms with Crippen LogP contribution >= 0.6 is 11.6 Å². The Morgan fingerprint density at radius 3 is 2.72 bits per heavy atom. The third-order valence-corrected chi connectivity index (χ3v) is 4.00. The minimum absolute atomic E-state index is 0.0741. The topological polar surface area (TPSA) is 72.0 Å². The van der Waals surface area contributed by atoms with Crippen LogP contribution in [0.4, 0.5) is 5.82 Å². The van der Waals surface area contributed by atoms with Crippen molar-refractivity contribution in [3.63, 3.8) is 0 Å². The van der Waals surface area contributed by atoms with Crippen molar-refractivity contribution in [2.45, 2.75) is 11.8 Å². The Bertz CT molecular complexity index is 673. The zero-order chi connectivity index (χ0) is 13.2. The summed E-state index contributed by atoms with van der Waals surface area (Å²) < 4.78 is 26.5. The molecule has 0 radical (unpaired) electrons. The molecule has 5 nitrogen and oxygen atoms in total. The highest BCUT2D eigenvalue weighted by Crippen LogP contribution is 2.21. The maximum atomic E-state index is 12.1. The van der Waals surface area contributed by atoms with Gasteiger partial charge in [0.15, 0.2) is 0 Å². The molecule has 0 fully saturated rings. The van der Waals surface area contributed by atoms with Crippen LogP contribution in [0.1, 0.15) is 5.56 Å². The number of rotatable bonds is 3. The SMILES string of the molecule is Cc1ccnc(NS(=O)(=O)c2cnccc2Cl)c1. The summed E-state index contributed by atoms with van der Waals surface area (Å²) in [5, 5.41) is 0.116. The smallest absolute Gasteiger partial charge is 0.263 e. The molecule has 0 bridgehead atoms. The Labute approximate surface area is 110 Å². The first-order chi connectivity index (χ1) is 8.49. The van der Waals surface area contributed by atoms with Crippen LogP contribution in [-0.4, -0.2) is 18.4 Å². The van der Waals surface area contributed by atoms with Crippen molar-refractivity contribution in [2.24, 2.45) is 0 Å². The fourth-order valence-corrected chi connectivity index (χ4v) is 2.78. The first-order valence-electron chi connectivity index (χ1n) is 5.04. The largest absolute Gasteiger partial charge is 0.266 e. The lowest BCUT2D eigenvalue weighted by Gasteiger charge is -2.08. The third kappa shape index (κ3) is 2.77. The lowest BCUT2D eigenvalue weighted by atomic mass is 10.3. The summed E-state index contributed by atoms with van der Waals surface area (Å²) in [7, 11) is -3.77. The fraction of sp³-hybridized carbons (Fsp3) is 0.0909. The van der Waals surface area contributed by atoms with E-state index in [-0.39, 0.29) is 15.7 Å². The minimum Gasteiger partial charge on any atom is -0.263 e. The summed E-state index contributed by atoms with van der Waals surface area (Å²) in [5.41, 5.74) is 0.903. The molecule has 0 aliphatic carbocycles. The molecule has 0 spiro atoms. The van der Waals surface area contributed by atoms with E-state index in [2.05, 4.69) is 14.7 Å². The van der Waals surface area contributed by atoms with E-state index in [0.29, 0.717) is 0 Å². The van der Waals surface area contributed by atoms with E-state index in [0.717, 1.165) is 5.56 Å². The molecule has 18 heavy (non-hydrogen) atoms. The molecule has 2 rings (SSSR count). The number of aromatic nitrogens is 2. The van der Waals surface area contributed by atoms with Gasteiger partial charge < -0.3 is 0 Å². The molecule has 2 heterocycles. The molecule has 0 unspecified atom stereocenters. The second-order valence-corrected chi connectivity index (χ2v) is 5.69. The summed E-state index contributed by atoms with van der Waals surface area (Å²) in [6.45, 7) is 1.84. The second kappa shape index (κ2) is 4.91. The van der Waals surface area contributed by atoms with Gasteiger partial charge in [-0.1, -0.05) is 11.6 Å². The number of aryl methyl sites for hydroxylation is 1. The average molecular weight is 284 g/mol. The minimum atomic E-state index is -3.77. The summed E-state index contributed by atoms with van der Waals surface area (Å²) >= 11 is 5.83. The highest BCUT2D eigenvalue weighted by Gasteiger charge is 2.18. The molecule has 94 valence electrons. The zero-order valence-electron chi connectivity index (χ0n) is 9.46. The second-order valence-electron chi connectivity index (χ2n) is 3.63. The highest BCUT2D eigenvalue weighted by molar-refractivity contribution is 7.92. The van der Waals surface area contributed by atoms with Gasteiger partial charge in [-0.05, 0) is 30.7 Å². The fourth-order valence-electron chi connectivity index (χ4n) is 1.35. The van der Waals surface area contributed by atoms with Gasteiger partial charge in [-0.3, -0.25) is 9.71 Å². The Hall–Kier alpha value is -1.66. The number of anilines is 1. The van der Waals surface area contributed by atoms with Crippen LogP contribution in [0.2, 0.25) is 5.02 Å². The van der Waals surface area contributed by atoms with E-state index >= 15 is 0 Å².